The highest BCUT2D eigenvalue weighted by molar-refractivity contribution is 5.97. The maximum atomic E-state index is 13.3. The van der Waals surface area contributed by atoms with E-state index in [1.54, 1.807) is 25.3 Å². The zero-order valence-electron chi connectivity index (χ0n) is 9.53. The minimum atomic E-state index is -0.446. The Bertz CT molecular complexity index is 530. The summed E-state index contributed by atoms with van der Waals surface area (Å²) in [6.07, 6.45) is 0.976. The average molecular weight is 236 g/mol. The molecule has 90 valence electrons. The molecule has 1 aromatic carbocycles. The van der Waals surface area contributed by atoms with Crippen LogP contribution in [0.15, 0.2) is 28.7 Å². The van der Waals surface area contributed by atoms with Gasteiger partial charge < -0.3 is 9.15 Å². The lowest BCUT2D eigenvalue weighted by Crippen LogP contribution is -1.99. The second kappa shape index (κ2) is 5.10. The van der Waals surface area contributed by atoms with Gasteiger partial charge in [-0.15, -0.1) is 0 Å². The summed E-state index contributed by atoms with van der Waals surface area (Å²) in [5.74, 6) is -0.364. The molecule has 0 amide bonds. The van der Waals surface area contributed by atoms with Crippen molar-refractivity contribution in [3.05, 3.63) is 35.8 Å². The van der Waals surface area contributed by atoms with Gasteiger partial charge in [-0.1, -0.05) is 12.1 Å². The number of fused-ring (bicyclic) bond motifs is 1. The second-order valence-electron chi connectivity index (χ2n) is 3.79. The van der Waals surface area contributed by atoms with E-state index in [1.165, 1.54) is 6.07 Å². The number of carbonyl (C=O) groups is 1. The van der Waals surface area contributed by atoms with E-state index in [0.717, 1.165) is 0 Å². The summed E-state index contributed by atoms with van der Waals surface area (Å²) in [5, 5.41) is 0.611. The molecule has 1 heterocycles. The molecule has 0 aliphatic heterocycles. The van der Waals surface area contributed by atoms with Crippen LogP contribution in [0, 0.1) is 5.82 Å². The molecule has 2 aromatic rings. The third-order valence-corrected chi connectivity index (χ3v) is 2.52. The molecule has 0 bridgehead atoms. The van der Waals surface area contributed by atoms with Crippen LogP contribution in [0.25, 0.3) is 11.0 Å². The number of carbonyl (C=O) groups excluding carboxylic acids is 1. The number of hydrogen-bond donors (Lipinski definition) is 0. The molecule has 2 rings (SSSR count). The van der Waals surface area contributed by atoms with Gasteiger partial charge in [0.1, 0.15) is 0 Å². The molecule has 0 spiro atoms. The lowest BCUT2D eigenvalue weighted by Gasteiger charge is -1.96. The normalized spacial score (nSPS) is 10.9. The van der Waals surface area contributed by atoms with E-state index in [9.17, 15) is 9.18 Å². The zero-order valence-corrected chi connectivity index (χ0v) is 9.53. The van der Waals surface area contributed by atoms with E-state index in [0.29, 0.717) is 24.8 Å². The standard InChI is InChI=1S/C13H13FO3/c1-16-7-3-6-11(15)12-8-9-4-2-5-10(14)13(9)17-12/h2,4-5,8H,3,6-7H2,1H3. The van der Waals surface area contributed by atoms with Crippen molar-refractivity contribution < 1.29 is 18.3 Å². The Labute approximate surface area is 98.2 Å². The van der Waals surface area contributed by atoms with Crippen molar-refractivity contribution in [3.8, 4) is 0 Å². The number of methoxy groups -OCH3 is 1. The topological polar surface area (TPSA) is 39.4 Å². The molecule has 0 fully saturated rings. The van der Waals surface area contributed by atoms with Crippen molar-refractivity contribution in [3.63, 3.8) is 0 Å². The summed E-state index contributed by atoms with van der Waals surface area (Å²) < 4.78 is 23.4. The van der Waals surface area contributed by atoms with Crippen LogP contribution in [0.3, 0.4) is 0 Å². The largest absolute Gasteiger partial charge is 0.450 e. The van der Waals surface area contributed by atoms with Crippen LogP contribution in [0.1, 0.15) is 23.4 Å². The number of benzene rings is 1. The first-order valence-corrected chi connectivity index (χ1v) is 5.42. The Balaban J connectivity index is 2.19. The summed E-state index contributed by atoms with van der Waals surface area (Å²) in [5.41, 5.74) is 0.141. The van der Waals surface area contributed by atoms with Crippen molar-refractivity contribution in [1.29, 1.82) is 0 Å². The van der Waals surface area contributed by atoms with E-state index in [1.807, 2.05) is 0 Å². The van der Waals surface area contributed by atoms with Crippen molar-refractivity contribution in [2.24, 2.45) is 0 Å². The fourth-order valence-corrected chi connectivity index (χ4v) is 1.67. The molecular weight excluding hydrogens is 223 g/mol. The van der Waals surface area contributed by atoms with Gasteiger partial charge in [-0.05, 0) is 18.6 Å². The van der Waals surface area contributed by atoms with E-state index >= 15 is 0 Å². The van der Waals surface area contributed by atoms with Gasteiger partial charge in [0.25, 0.3) is 0 Å². The SMILES string of the molecule is COCCCC(=O)c1cc2cccc(F)c2o1. The maximum absolute atomic E-state index is 13.3. The maximum Gasteiger partial charge on any atom is 0.198 e. The van der Waals surface area contributed by atoms with Crippen LogP contribution in [-0.2, 0) is 4.74 Å². The van der Waals surface area contributed by atoms with Gasteiger partial charge in [0, 0.05) is 25.5 Å². The van der Waals surface area contributed by atoms with E-state index in [-0.39, 0.29) is 17.1 Å². The molecule has 17 heavy (non-hydrogen) atoms. The third kappa shape index (κ3) is 2.53. The van der Waals surface area contributed by atoms with Gasteiger partial charge in [-0.3, -0.25) is 4.79 Å². The predicted molar refractivity (Wildman–Crippen MR) is 61.6 cm³/mol. The molecule has 0 atom stereocenters. The third-order valence-electron chi connectivity index (χ3n) is 2.52. The summed E-state index contributed by atoms with van der Waals surface area (Å²) >= 11 is 0. The monoisotopic (exact) mass is 236 g/mol. The van der Waals surface area contributed by atoms with Gasteiger partial charge in [-0.2, -0.15) is 0 Å². The van der Waals surface area contributed by atoms with Crippen molar-refractivity contribution >= 4 is 16.8 Å². The first-order chi connectivity index (χ1) is 8.22. The van der Waals surface area contributed by atoms with Gasteiger partial charge in [0.05, 0.1) is 0 Å². The number of Topliss-reactive ketones (excluding diaryl/α,β-unsaturated/α-hetero) is 1. The van der Waals surface area contributed by atoms with Crippen LogP contribution in [0.2, 0.25) is 0 Å². The van der Waals surface area contributed by atoms with Gasteiger partial charge in [-0.25, -0.2) is 4.39 Å². The quantitative estimate of drug-likeness (QED) is 0.591. The fraction of sp³-hybridized carbons (Fsp3) is 0.308. The fourth-order valence-electron chi connectivity index (χ4n) is 1.67. The Kier molecular flexibility index (Phi) is 3.54. The van der Waals surface area contributed by atoms with Crippen molar-refractivity contribution in [2.75, 3.05) is 13.7 Å². The molecule has 0 saturated heterocycles. The van der Waals surface area contributed by atoms with E-state index in [4.69, 9.17) is 9.15 Å². The van der Waals surface area contributed by atoms with Gasteiger partial charge in [0.15, 0.2) is 22.9 Å². The molecular formula is C13H13FO3. The number of rotatable bonds is 5. The molecule has 1 aromatic heterocycles. The van der Waals surface area contributed by atoms with Crippen LogP contribution in [-0.4, -0.2) is 19.5 Å². The summed E-state index contributed by atoms with van der Waals surface area (Å²) in [7, 11) is 1.58. The molecule has 0 radical (unpaired) electrons. The smallest absolute Gasteiger partial charge is 0.198 e. The molecule has 0 aliphatic carbocycles. The van der Waals surface area contributed by atoms with E-state index in [2.05, 4.69) is 0 Å². The number of hydrogen-bond acceptors (Lipinski definition) is 3. The number of ether oxygens (including phenoxy) is 1. The Morgan fingerprint density at radius 2 is 2.29 bits per heavy atom. The predicted octanol–water partition coefficient (Wildman–Crippen LogP) is 3.18. The lowest BCUT2D eigenvalue weighted by molar-refractivity contribution is 0.0938. The number of ketones is 1. The summed E-state index contributed by atoms with van der Waals surface area (Å²) in [6, 6.07) is 6.19. The van der Waals surface area contributed by atoms with Crippen molar-refractivity contribution in [2.45, 2.75) is 12.8 Å². The highest BCUT2D eigenvalue weighted by atomic mass is 19.1. The molecule has 0 saturated carbocycles. The van der Waals surface area contributed by atoms with Crippen LogP contribution in [0.4, 0.5) is 4.39 Å². The van der Waals surface area contributed by atoms with Crippen LogP contribution < -0.4 is 0 Å². The Morgan fingerprint density at radius 3 is 3.00 bits per heavy atom. The summed E-state index contributed by atoms with van der Waals surface area (Å²) in [6.45, 7) is 0.528. The Hall–Kier alpha value is -1.68. The first kappa shape index (κ1) is 11.8. The molecule has 0 unspecified atom stereocenters. The highest BCUT2D eigenvalue weighted by Crippen LogP contribution is 2.23. The van der Waals surface area contributed by atoms with Gasteiger partial charge in [0.2, 0.25) is 0 Å². The second-order valence-corrected chi connectivity index (χ2v) is 3.79. The van der Waals surface area contributed by atoms with Crippen LogP contribution >= 0.6 is 0 Å². The van der Waals surface area contributed by atoms with E-state index < -0.39 is 5.82 Å². The van der Waals surface area contributed by atoms with Crippen LogP contribution in [0.5, 0.6) is 0 Å². The Morgan fingerprint density at radius 1 is 1.47 bits per heavy atom. The molecule has 0 N–H and O–H groups in total. The highest BCUT2D eigenvalue weighted by Gasteiger charge is 2.13. The van der Waals surface area contributed by atoms with Crippen molar-refractivity contribution in [1.82, 2.24) is 0 Å². The molecule has 4 heteroatoms. The zero-order chi connectivity index (χ0) is 12.3. The minimum Gasteiger partial charge on any atom is -0.450 e. The number of furan rings is 1. The summed E-state index contributed by atoms with van der Waals surface area (Å²) in [4.78, 5) is 11.7. The number of para-hydroxylation sites is 1. The minimum absolute atomic E-state index is 0.127. The molecule has 0 aliphatic rings. The lowest BCUT2D eigenvalue weighted by atomic mass is 10.1. The molecule has 3 nitrogen and oxygen atoms in total. The number of halogens is 1. The van der Waals surface area contributed by atoms with Gasteiger partial charge >= 0.3 is 0 Å². The first-order valence-electron chi connectivity index (χ1n) is 5.42. The average Bonchev–Trinajstić information content (AvgIpc) is 2.75.